The highest BCUT2D eigenvalue weighted by Gasteiger charge is 2.21. The number of nitrogens with zero attached hydrogens (tertiary/aromatic N) is 2. The van der Waals surface area contributed by atoms with E-state index in [1.165, 1.54) is 88.1 Å². The van der Waals surface area contributed by atoms with Gasteiger partial charge in [-0.2, -0.15) is 0 Å². The summed E-state index contributed by atoms with van der Waals surface area (Å²) >= 11 is 0. The quantitative estimate of drug-likeness (QED) is 0.162. The molecule has 0 spiro atoms. The minimum atomic E-state index is 1.13. The van der Waals surface area contributed by atoms with Crippen LogP contribution in [0.25, 0.3) is 99.5 Å². The van der Waals surface area contributed by atoms with E-state index in [9.17, 15) is 0 Å². The summed E-state index contributed by atoms with van der Waals surface area (Å²) in [6.45, 7) is 0. The third kappa shape index (κ3) is 5.26. The van der Waals surface area contributed by atoms with Gasteiger partial charge in [0.05, 0.1) is 22.1 Å². The molecular formula is C54H36N2. The molecule has 0 bridgehead atoms. The van der Waals surface area contributed by atoms with Crippen LogP contribution in [0.3, 0.4) is 0 Å². The van der Waals surface area contributed by atoms with Crippen LogP contribution in [0.1, 0.15) is 0 Å². The van der Waals surface area contributed by atoms with E-state index in [2.05, 4.69) is 228 Å². The average Bonchev–Trinajstić information content (AvgIpc) is 3.80. The van der Waals surface area contributed by atoms with Gasteiger partial charge in [0.2, 0.25) is 0 Å². The lowest BCUT2D eigenvalue weighted by Gasteiger charge is -2.15. The standard InChI is InChI=1S/C54H36N2/c1-4-16-37(17-5-1)40-22-14-23-41(32-40)44-33-43(39-20-8-3-9-21-39)35-46(36-44)55-51-29-13-11-27-49(51)53-52(55)31-30-48-47-26-10-12-28-50(47)56(54(48)53)45-25-15-24-42(34-45)38-18-6-2-7-19-38/h1-36H. The molecule has 0 unspecified atom stereocenters. The van der Waals surface area contributed by atoms with E-state index >= 15 is 0 Å². The maximum absolute atomic E-state index is 2.48. The van der Waals surface area contributed by atoms with Gasteiger partial charge in [-0.1, -0.05) is 164 Å². The van der Waals surface area contributed by atoms with Crippen molar-refractivity contribution in [3.63, 3.8) is 0 Å². The van der Waals surface area contributed by atoms with Crippen LogP contribution in [0.2, 0.25) is 0 Å². The van der Waals surface area contributed by atoms with Gasteiger partial charge < -0.3 is 9.13 Å². The summed E-state index contributed by atoms with van der Waals surface area (Å²) < 4.78 is 4.96. The van der Waals surface area contributed by atoms with Gasteiger partial charge in [-0.15, -0.1) is 0 Å². The van der Waals surface area contributed by atoms with Crippen molar-refractivity contribution in [2.24, 2.45) is 0 Å². The summed E-state index contributed by atoms with van der Waals surface area (Å²) in [5.74, 6) is 0. The number of rotatable bonds is 6. The lowest BCUT2D eigenvalue weighted by Crippen LogP contribution is -1.97. The SMILES string of the molecule is c1ccc(-c2cccc(-c3cc(-c4ccccc4)cc(-n4c5ccccc5c5c4ccc4c6ccccc6n(-c6cccc(-c7ccccc7)c6)c45)c3)c2)cc1. The smallest absolute Gasteiger partial charge is 0.0641 e. The van der Waals surface area contributed by atoms with E-state index in [1.807, 2.05) is 0 Å². The van der Waals surface area contributed by atoms with E-state index in [4.69, 9.17) is 0 Å². The molecule has 11 aromatic rings. The van der Waals surface area contributed by atoms with Gasteiger partial charge in [0.15, 0.2) is 0 Å². The van der Waals surface area contributed by atoms with Crippen LogP contribution in [0, 0.1) is 0 Å². The topological polar surface area (TPSA) is 9.86 Å². The first kappa shape index (κ1) is 32.0. The molecule has 0 atom stereocenters. The predicted molar refractivity (Wildman–Crippen MR) is 237 cm³/mol. The zero-order valence-electron chi connectivity index (χ0n) is 30.7. The molecule has 0 radical (unpaired) electrons. The van der Waals surface area contributed by atoms with Crippen LogP contribution in [0.5, 0.6) is 0 Å². The molecule has 0 aliphatic heterocycles. The Labute approximate surface area is 325 Å². The average molecular weight is 713 g/mol. The van der Waals surface area contributed by atoms with Crippen LogP contribution in [0.4, 0.5) is 0 Å². The van der Waals surface area contributed by atoms with E-state index in [1.54, 1.807) is 0 Å². The van der Waals surface area contributed by atoms with Crippen LogP contribution in [-0.2, 0) is 0 Å². The van der Waals surface area contributed by atoms with E-state index in [0.29, 0.717) is 0 Å². The summed E-state index contributed by atoms with van der Waals surface area (Å²) in [6.07, 6.45) is 0. The van der Waals surface area contributed by atoms with Crippen molar-refractivity contribution < 1.29 is 0 Å². The minimum Gasteiger partial charge on any atom is -0.309 e. The predicted octanol–water partition coefficient (Wildman–Crippen LogP) is 14.5. The van der Waals surface area contributed by atoms with Crippen molar-refractivity contribution in [2.45, 2.75) is 0 Å². The third-order valence-electron chi connectivity index (χ3n) is 11.3. The van der Waals surface area contributed by atoms with Gasteiger partial charge in [0.25, 0.3) is 0 Å². The molecule has 0 aliphatic rings. The number of fused-ring (bicyclic) bond motifs is 7. The van der Waals surface area contributed by atoms with E-state index < -0.39 is 0 Å². The fraction of sp³-hybridized carbons (Fsp3) is 0. The molecule has 0 N–H and O–H groups in total. The van der Waals surface area contributed by atoms with Gasteiger partial charge in [-0.3, -0.25) is 0 Å². The molecule has 0 saturated carbocycles. The van der Waals surface area contributed by atoms with Crippen molar-refractivity contribution >= 4 is 43.6 Å². The number of benzene rings is 9. The van der Waals surface area contributed by atoms with Crippen LogP contribution >= 0.6 is 0 Å². The van der Waals surface area contributed by atoms with Gasteiger partial charge in [0, 0.05) is 32.9 Å². The number of hydrogen-bond acceptors (Lipinski definition) is 0. The second kappa shape index (κ2) is 13.2. The van der Waals surface area contributed by atoms with Crippen molar-refractivity contribution in [2.75, 3.05) is 0 Å². The Morgan fingerprint density at radius 1 is 0.232 bits per heavy atom. The molecule has 0 aliphatic carbocycles. The molecule has 0 fully saturated rings. The number of hydrogen-bond donors (Lipinski definition) is 0. The maximum Gasteiger partial charge on any atom is 0.0641 e. The van der Waals surface area contributed by atoms with Crippen molar-refractivity contribution in [3.05, 3.63) is 218 Å². The molecular weight excluding hydrogens is 677 g/mol. The second-order valence-electron chi connectivity index (χ2n) is 14.6. The lowest BCUT2D eigenvalue weighted by atomic mass is 9.95. The Morgan fingerprint density at radius 3 is 1.34 bits per heavy atom. The molecule has 2 aromatic heterocycles. The van der Waals surface area contributed by atoms with E-state index in [0.717, 1.165) is 11.4 Å². The Balaban J connectivity index is 1.20. The monoisotopic (exact) mass is 712 g/mol. The summed E-state index contributed by atoms with van der Waals surface area (Å²) in [4.78, 5) is 0. The number of aromatic nitrogens is 2. The molecule has 0 saturated heterocycles. The molecule has 11 rings (SSSR count). The first-order chi connectivity index (χ1) is 27.8. The first-order valence-electron chi connectivity index (χ1n) is 19.3. The first-order valence-corrected chi connectivity index (χ1v) is 19.3. The molecule has 2 heteroatoms. The van der Waals surface area contributed by atoms with Crippen LogP contribution in [-0.4, -0.2) is 9.13 Å². The number of para-hydroxylation sites is 2. The fourth-order valence-corrected chi connectivity index (χ4v) is 8.72. The lowest BCUT2D eigenvalue weighted by molar-refractivity contribution is 1.17. The van der Waals surface area contributed by atoms with Gasteiger partial charge in [-0.25, -0.2) is 0 Å². The molecule has 2 nitrogen and oxygen atoms in total. The zero-order chi connectivity index (χ0) is 37.0. The molecule has 56 heavy (non-hydrogen) atoms. The summed E-state index contributed by atoms with van der Waals surface area (Å²) in [7, 11) is 0. The summed E-state index contributed by atoms with van der Waals surface area (Å²) in [5, 5.41) is 4.97. The largest absolute Gasteiger partial charge is 0.309 e. The molecule has 9 aromatic carbocycles. The normalized spacial score (nSPS) is 11.6. The third-order valence-corrected chi connectivity index (χ3v) is 11.3. The molecule has 262 valence electrons. The Morgan fingerprint density at radius 2 is 0.679 bits per heavy atom. The minimum absolute atomic E-state index is 1.13. The summed E-state index contributed by atoms with van der Waals surface area (Å²) in [5.41, 5.74) is 16.6. The van der Waals surface area contributed by atoms with Gasteiger partial charge >= 0.3 is 0 Å². The zero-order valence-corrected chi connectivity index (χ0v) is 30.7. The fourth-order valence-electron chi connectivity index (χ4n) is 8.72. The molecule has 0 amide bonds. The van der Waals surface area contributed by atoms with Gasteiger partial charge in [0.1, 0.15) is 0 Å². The molecule has 2 heterocycles. The second-order valence-corrected chi connectivity index (χ2v) is 14.6. The summed E-state index contributed by atoms with van der Waals surface area (Å²) in [6, 6.07) is 79.4. The van der Waals surface area contributed by atoms with Crippen LogP contribution < -0.4 is 0 Å². The highest BCUT2D eigenvalue weighted by molar-refractivity contribution is 6.26. The van der Waals surface area contributed by atoms with Gasteiger partial charge in [-0.05, 0) is 99.1 Å². The van der Waals surface area contributed by atoms with Crippen molar-refractivity contribution in [1.29, 1.82) is 0 Å². The Kier molecular flexibility index (Phi) is 7.53. The van der Waals surface area contributed by atoms with Crippen LogP contribution in [0.15, 0.2) is 218 Å². The Bertz CT molecular complexity index is 3220. The highest BCUT2D eigenvalue weighted by Crippen LogP contribution is 2.43. The highest BCUT2D eigenvalue weighted by atomic mass is 15.0. The van der Waals surface area contributed by atoms with E-state index in [-0.39, 0.29) is 0 Å². The van der Waals surface area contributed by atoms with Crippen molar-refractivity contribution in [3.8, 4) is 55.9 Å². The maximum atomic E-state index is 2.48. The Hall–Kier alpha value is -7.42. The van der Waals surface area contributed by atoms with Crippen molar-refractivity contribution in [1.82, 2.24) is 9.13 Å².